The summed E-state index contributed by atoms with van der Waals surface area (Å²) < 4.78 is 7.23. The second-order valence-corrected chi connectivity index (χ2v) is 6.93. The molecule has 1 aromatic heterocycles. The fraction of sp³-hybridized carbons (Fsp3) is 0.286. The molecule has 0 radical (unpaired) electrons. The largest absolute Gasteiger partial charge is 0.494 e. The van der Waals surface area contributed by atoms with Crippen LogP contribution in [0.5, 0.6) is 5.75 Å². The first-order valence-corrected chi connectivity index (χ1v) is 8.34. The third-order valence-corrected chi connectivity index (χ3v) is 5.05. The Morgan fingerprint density at radius 3 is 2.42 bits per heavy atom. The summed E-state index contributed by atoms with van der Waals surface area (Å²) >= 11 is 8.84. The summed E-state index contributed by atoms with van der Waals surface area (Å²) in [6.07, 6.45) is 0. The maximum Gasteiger partial charge on any atom is 0.147 e. The first-order chi connectivity index (χ1) is 9.11. The summed E-state index contributed by atoms with van der Waals surface area (Å²) in [5.41, 5.74) is 2.57. The Hall–Kier alpha value is -0.360. The molecule has 0 saturated heterocycles. The van der Waals surface area contributed by atoms with Gasteiger partial charge in [0.2, 0.25) is 0 Å². The van der Waals surface area contributed by atoms with Gasteiger partial charge in [-0.3, -0.25) is 0 Å². The maximum atomic E-state index is 5.30. The monoisotopic (exact) mass is 403 g/mol. The first kappa shape index (κ1) is 15.0. The van der Waals surface area contributed by atoms with E-state index in [9.17, 15) is 0 Å². The second kappa shape index (κ2) is 6.88. The Bertz CT molecular complexity index is 545. The molecule has 1 heterocycles. The maximum absolute atomic E-state index is 5.30. The third-order valence-electron chi connectivity index (χ3n) is 2.85. The molecule has 0 amide bonds. The zero-order chi connectivity index (χ0) is 13.8. The van der Waals surface area contributed by atoms with Crippen molar-refractivity contribution in [1.82, 2.24) is 5.32 Å². The van der Waals surface area contributed by atoms with Gasteiger partial charge >= 0.3 is 0 Å². The molecule has 0 aliphatic heterocycles. The number of aryl methyl sites for hydroxylation is 1. The zero-order valence-corrected chi connectivity index (χ0v) is 14.8. The quantitative estimate of drug-likeness (QED) is 0.766. The molecule has 0 aliphatic carbocycles. The van der Waals surface area contributed by atoms with Crippen LogP contribution in [0.25, 0.3) is 0 Å². The summed E-state index contributed by atoms with van der Waals surface area (Å²) in [6.45, 7) is 3.89. The zero-order valence-electron chi connectivity index (χ0n) is 10.8. The van der Waals surface area contributed by atoms with Gasteiger partial charge in [-0.2, -0.15) is 0 Å². The van der Waals surface area contributed by atoms with Gasteiger partial charge in [0.15, 0.2) is 0 Å². The lowest BCUT2D eigenvalue weighted by Crippen LogP contribution is -2.12. The van der Waals surface area contributed by atoms with Gasteiger partial charge in [0.05, 0.1) is 16.1 Å². The highest BCUT2D eigenvalue weighted by atomic mass is 79.9. The van der Waals surface area contributed by atoms with Gasteiger partial charge in [-0.15, -0.1) is 11.3 Å². The van der Waals surface area contributed by atoms with Crippen LogP contribution in [0.1, 0.15) is 16.0 Å². The van der Waals surface area contributed by atoms with Gasteiger partial charge in [-0.1, -0.05) is 0 Å². The summed E-state index contributed by atoms with van der Waals surface area (Å²) in [6, 6.07) is 6.32. The average Bonchev–Trinajstić information content (AvgIpc) is 2.75. The molecule has 0 fully saturated rings. The number of halogens is 2. The molecule has 2 aromatic rings. The molecule has 2 nitrogen and oxygen atoms in total. The van der Waals surface area contributed by atoms with Crippen molar-refractivity contribution in [2.45, 2.75) is 20.0 Å². The molecule has 1 N–H and O–H groups in total. The number of benzene rings is 1. The third kappa shape index (κ3) is 3.81. The van der Waals surface area contributed by atoms with Crippen LogP contribution in [0.2, 0.25) is 0 Å². The Morgan fingerprint density at radius 1 is 1.21 bits per heavy atom. The van der Waals surface area contributed by atoms with E-state index in [2.05, 4.69) is 67.7 Å². The highest BCUT2D eigenvalue weighted by molar-refractivity contribution is 9.11. The normalized spacial score (nSPS) is 10.7. The smallest absolute Gasteiger partial charge is 0.147 e. The molecule has 0 aliphatic rings. The average molecular weight is 405 g/mol. The van der Waals surface area contributed by atoms with E-state index in [0.29, 0.717) is 0 Å². The van der Waals surface area contributed by atoms with Crippen LogP contribution in [-0.2, 0) is 13.1 Å². The van der Waals surface area contributed by atoms with Gasteiger partial charge in [-0.05, 0) is 73.5 Å². The SMILES string of the molecule is COc1c(Br)cc(CNCc2sccc2C)cc1Br. The van der Waals surface area contributed by atoms with Crippen molar-refractivity contribution >= 4 is 43.2 Å². The number of hydrogen-bond acceptors (Lipinski definition) is 3. The number of nitrogens with one attached hydrogen (secondary N) is 1. The van der Waals surface area contributed by atoms with Crippen molar-refractivity contribution in [2.75, 3.05) is 7.11 Å². The van der Waals surface area contributed by atoms with Crippen molar-refractivity contribution in [3.63, 3.8) is 0 Å². The summed E-state index contributed by atoms with van der Waals surface area (Å²) in [5.74, 6) is 0.831. The van der Waals surface area contributed by atoms with E-state index in [1.807, 2.05) is 0 Å². The van der Waals surface area contributed by atoms with Crippen LogP contribution in [-0.4, -0.2) is 7.11 Å². The standard InChI is InChI=1S/C14H15Br2NOS/c1-9-3-4-19-13(9)8-17-7-10-5-11(15)14(18-2)12(16)6-10/h3-6,17H,7-8H2,1-2H3. The molecular formula is C14H15Br2NOS. The molecule has 2 rings (SSSR count). The van der Waals surface area contributed by atoms with E-state index < -0.39 is 0 Å². The number of ether oxygens (including phenoxy) is 1. The lowest BCUT2D eigenvalue weighted by molar-refractivity contribution is 0.409. The Balaban J connectivity index is 1.99. The van der Waals surface area contributed by atoms with Crippen LogP contribution in [0.15, 0.2) is 32.5 Å². The fourth-order valence-corrected chi connectivity index (χ4v) is 4.30. The molecule has 0 saturated carbocycles. The molecular weight excluding hydrogens is 390 g/mol. The van der Waals surface area contributed by atoms with Crippen molar-refractivity contribution < 1.29 is 4.74 Å². The van der Waals surface area contributed by atoms with Crippen molar-refractivity contribution in [2.24, 2.45) is 0 Å². The number of thiophene rings is 1. The molecule has 5 heteroatoms. The van der Waals surface area contributed by atoms with Crippen LogP contribution in [0.4, 0.5) is 0 Å². The highest BCUT2D eigenvalue weighted by Crippen LogP contribution is 2.34. The number of methoxy groups -OCH3 is 1. The molecule has 0 unspecified atom stereocenters. The number of hydrogen-bond donors (Lipinski definition) is 1. The van der Waals surface area contributed by atoms with E-state index in [4.69, 9.17) is 4.74 Å². The Labute approximate surface area is 134 Å². The van der Waals surface area contributed by atoms with Gasteiger partial charge in [-0.25, -0.2) is 0 Å². The molecule has 0 atom stereocenters. The van der Waals surface area contributed by atoms with Crippen LogP contribution in [0, 0.1) is 6.92 Å². The predicted molar refractivity (Wildman–Crippen MR) is 88.0 cm³/mol. The number of rotatable bonds is 5. The van der Waals surface area contributed by atoms with Crippen molar-refractivity contribution in [3.05, 3.63) is 48.5 Å². The van der Waals surface area contributed by atoms with Gasteiger partial charge in [0.25, 0.3) is 0 Å². The fourth-order valence-electron chi connectivity index (χ4n) is 1.82. The minimum absolute atomic E-state index is 0.831. The van der Waals surface area contributed by atoms with Gasteiger partial charge < -0.3 is 10.1 Å². The van der Waals surface area contributed by atoms with Gasteiger partial charge in [0.1, 0.15) is 5.75 Å². The topological polar surface area (TPSA) is 21.3 Å². The predicted octanol–water partition coefficient (Wildman–Crippen LogP) is 4.88. The van der Waals surface area contributed by atoms with Crippen LogP contribution in [0.3, 0.4) is 0 Å². The van der Waals surface area contributed by atoms with E-state index >= 15 is 0 Å². The molecule has 0 spiro atoms. The van der Waals surface area contributed by atoms with Gasteiger partial charge in [0, 0.05) is 18.0 Å². The molecule has 0 bridgehead atoms. The lowest BCUT2D eigenvalue weighted by Gasteiger charge is -2.10. The summed E-state index contributed by atoms with van der Waals surface area (Å²) in [7, 11) is 1.67. The Morgan fingerprint density at radius 2 is 1.89 bits per heavy atom. The van der Waals surface area contributed by atoms with E-state index in [1.54, 1.807) is 18.4 Å². The van der Waals surface area contributed by atoms with Crippen molar-refractivity contribution in [1.29, 1.82) is 0 Å². The lowest BCUT2D eigenvalue weighted by atomic mass is 10.2. The summed E-state index contributed by atoms with van der Waals surface area (Å²) in [4.78, 5) is 1.40. The second-order valence-electron chi connectivity index (χ2n) is 4.22. The Kier molecular flexibility index (Phi) is 5.45. The molecule has 19 heavy (non-hydrogen) atoms. The summed E-state index contributed by atoms with van der Waals surface area (Å²) in [5, 5.41) is 5.60. The van der Waals surface area contributed by atoms with E-state index in [1.165, 1.54) is 16.0 Å². The first-order valence-electron chi connectivity index (χ1n) is 5.87. The minimum atomic E-state index is 0.831. The highest BCUT2D eigenvalue weighted by Gasteiger charge is 2.07. The van der Waals surface area contributed by atoms with Crippen LogP contribution >= 0.6 is 43.2 Å². The molecule has 102 valence electrons. The van der Waals surface area contributed by atoms with Crippen molar-refractivity contribution in [3.8, 4) is 5.75 Å². The minimum Gasteiger partial charge on any atom is -0.494 e. The van der Waals surface area contributed by atoms with E-state index in [-0.39, 0.29) is 0 Å². The van der Waals surface area contributed by atoms with Crippen LogP contribution < -0.4 is 10.1 Å². The van der Waals surface area contributed by atoms with E-state index in [0.717, 1.165) is 27.8 Å². The molecule has 1 aromatic carbocycles.